The quantitative estimate of drug-likeness (QED) is 0.614. The molecule has 0 spiro atoms. The van der Waals surface area contributed by atoms with Crippen LogP contribution < -0.4 is 5.30 Å². The molecule has 0 bridgehead atoms. The molecule has 1 aromatic carbocycles. The summed E-state index contributed by atoms with van der Waals surface area (Å²) in [6, 6.07) is 4.57. The Labute approximate surface area is 77.2 Å². The fourth-order valence-electron chi connectivity index (χ4n) is 1.64. The summed E-state index contributed by atoms with van der Waals surface area (Å²) < 4.78 is 0. The molecule has 0 amide bonds. The Kier molecular flexibility index (Phi) is 3.29. The van der Waals surface area contributed by atoms with Crippen molar-refractivity contribution in [1.82, 2.24) is 0 Å². The molecule has 1 rings (SSSR count). The van der Waals surface area contributed by atoms with Gasteiger partial charge in [-0.15, -0.1) is 0 Å². The minimum atomic E-state index is 0.981. The van der Waals surface area contributed by atoms with Gasteiger partial charge in [-0.05, 0) is 43.4 Å². The molecule has 1 atom stereocenters. The van der Waals surface area contributed by atoms with Crippen LogP contribution in [0.3, 0.4) is 0 Å². The van der Waals surface area contributed by atoms with E-state index >= 15 is 0 Å². The van der Waals surface area contributed by atoms with Gasteiger partial charge in [0.05, 0.1) is 0 Å². The molecular formula is C11H17P. The van der Waals surface area contributed by atoms with Gasteiger partial charge in [0.1, 0.15) is 0 Å². The first-order valence-corrected chi connectivity index (χ1v) is 5.67. The van der Waals surface area contributed by atoms with Crippen molar-refractivity contribution in [1.29, 1.82) is 0 Å². The fourth-order valence-corrected chi connectivity index (χ4v) is 2.69. The molecule has 0 saturated heterocycles. The summed E-state index contributed by atoms with van der Waals surface area (Å²) in [4.78, 5) is 0. The Balaban J connectivity index is 3.10. The minimum Gasteiger partial charge on any atom is -0.0901 e. The van der Waals surface area contributed by atoms with Crippen LogP contribution in [0.2, 0.25) is 0 Å². The van der Waals surface area contributed by atoms with Gasteiger partial charge in [-0.3, -0.25) is 0 Å². The van der Waals surface area contributed by atoms with Crippen molar-refractivity contribution in [3.63, 3.8) is 0 Å². The summed E-state index contributed by atoms with van der Waals surface area (Å²) in [5.41, 5.74) is 4.31. The molecule has 0 aliphatic carbocycles. The average molecular weight is 180 g/mol. The van der Waals surface area contributed by atoms with Crippen LogP contribution in [-0.2, 0) is 0 Å². The Hall–Kier alpha value is -0.350. The van der Waals surface area contributed by atoms with E-state index < -0.39 is 0 Å². The predicted octanol–water partition coefficient (Wildman–Crippen LogP) is 2.94. The van der Waals surface area contributed by atoms with Crippen molar-refractivity contribution >= 4 is 13.9 Å². The SMILES string of the molecule is CCPc1c(C)cc(C)cc1C. The maximum Gasteiger partial charge on any atom is -0.0213 e. The predicted molar refractivity (Wildman–Crippen MR) is 59.1 cm³/mol. The molecular weight excluding hydrogens is 163 g/mol. The first-order valence-electron chi connectivity index (χ1n) is 4.47. The van der Waals surface area contributed by atoms with Gasteiger partial charge >= 0.3 is 0 Å². The monoisotopic (exact) mass is 180 g/mol. The standard InChI is InChI=1S/C11H17P/c1-5-12-11-9(3)6-8(2)7-10(11)4/h6-7,12H,5H2,1-4H3. The lowest BCUT2D eigenvalue weighted by atomic mass is 10.1. The summed E-state index contributed by atoms with van der Waals surface area (Å²) in [5, 5.41) is 1.57. The number of aryl methyl sites for hydroxylation is 3. The smallest absolute Gasteiger partial charge is 0.0213 e. The second-order valence-corrected chi connectivity index (χ2v) is 4.86. The van der Waals surface area contributed by atoms with Gasteiger partial charge in [0.15, 0.2) is 0 Å². The summed E-state index contributed by atoms with van der Waals surface area (Å²) in [6.07, 6.45) is 1.27. The van der Waals surface area contributed by atoms with Crippen molar-refractivity contribution in [2.45, 2.75) is 27.7 Å². The molecule has 0 fully saturated rings. The van der Waals surface area contributed by atoms with Crippen LogP contribution in [0.1, 0.15) is 23.6 Å². The molecule has 0 nitrogen and oxygen atoms in total. The van der Waals surface area contributed by atoms with Crippen LogP contribution in [0.5, 0.6) is 0 Å². The van der Waals surface area contributed by atoms with Crippen LogP contribution in [0, 0.1) is 20.8 Å². The van der Waals surface area contributed by atoms with E-state index in [1.807, 2.05) is 0 Å². The highest BCUT2D eigenvalue weighted by Crippen LogP contribution is 2.17. The Bertz CT molecular complexity index is 253. The van der Waals surface area contributed by atoms with Crippen LogP contribution in [0.4, 0.5) is 0 Å². The molecule has 0 heterocycles. The second kappa shape index (κ2) is 4.05. The molecule has 0 N–H and O–H groups in total. The van der Waals surface area contributed by atoms with E-state index in [0.29, 0.717) is 0 Å². The fraction of sp³-hybridized carbons (Fsp3) is 0.455. The highest BCUT2D eigenvalue weighted by Gasteiger charge is 2.01. The third-order valence-electron chi connectivity index (χ3n) is 2.03. The van der Waals surface area contributed by atoms with E-state index in [9.17, 15) is 0 Å². The molecule has 0 saturated carbocycles. The van der Waals surface area contributed by atoms with Gasteiger partial charge < -0.3 is 0 Å². The Morgan fingerprint density at radius 1 is 1.08 bits per heavy atom. The van der Waals surface area contributed by atoms with E-state index in [1.165, 1.54) is 22.9 Å². The van der Waals surface area contributed by atoms with E-state index in [-0.39, 0.29) is 0 Å². The molecule has 1 unspecified atom stereocenters. The van der Waals surface area contributed by atoms with Gasteiger partial charge in [0, 0.05) is 0 Å². The number of hydrogen-bond donors (Lipinski definition) is 0. The lowest BCUT2D eigenvalue weighted by Crippen LogP contribution is -2.05. The zero-order chi connectivity index (χ0) is 9.14. The van der Waals surface area contributed by atoms with Gasteiger partial charge in [0.2, 0.25) is 0 Å². The van der Waals surface area contributed by atoms with Crippen LogP contribution in [0.15, 0.2) is 12.1 Å². The van der Waals surface area contributed by atoms with E-state index in [0.717, 1.165) is 8.58 Å². The molecule has 1 aromatic rings. The van der Waals surface area contributed by atoms with Crippen LogP contribution >= 0.6 is 8.58 Å². The molecule has 0 aliphatic rings. The normalized spacial score (nSPS) is 11.3. The molecule has 12 heavy (non-hydrogen) atoms. The van der Waals surface area contributed by atoms with Crippen LogP contribution in [-0.4, -0.2) is 6.16 Å². The minimum absolute atomic E-state index is 0.981. The Morgan fingerprint density at radius 2 is 1.58 bits per heavy atom. The topological polar surface area (TPSA) is 0 Å². The first-order chi connectivity index (χ1) is 5.65. The number of hydrogen-bond acceptors (Lipinski definition) is 0. The summed E-state index contributed by atoms with van der Waals surface area (Å²) >= 11 is 0. The second-order valence-electron chi connectivity index (χ2n) is 3.30. The van der Waals surface area contributed by atoms with E-state index in [2.05, 4.69) is 39.8 Å². The Morgan fingerprint density at radius 3 is 2.00 bits per heavy atom. The first kappa shape index (κ1) is 9.74. The average Bonchev–Trinajstić information content (AvgIpc) is 1.96. The van der Waals surface area contributed by atoms with E-state index in [4.69, 9.17) is 0 Å². The van der Waals surface area contributed by atoms with Crippen molar-refractivity contribution in [2.75, 3.05) is 6.16 Å². The molecule has 0 radical (unpaired) electrons. The van der Waals surface area contributed by atoms with Gasteiger partial charge in [-0.2, -0.15) is 0 Å². The highest BCUT2D eigenvalue weighted by molar-refractivity contribution is 7.47. The van der Waals surface area contributed by atoms with Gasteiger partial charge in [0.25, 0.3) is 0 Å². The van der Waals surface area contributed by atoms with Crippen molar-refractivity contribution < 1.29 is 0 Å². The van der Waals surface area contributed by atoms with Crippen molar-refractivity contribution in [2.24, 2.45) is 0 Å². The van der Waals surface area contributed by atoms with Crippen LogP contribution in [0.25, 0.3) is 0 Å². The van der Waals surface area contributed by atoms with Crippen molar-refractivity contribution in [3.05, 3.63) is 28.8 Å². The van der Waals surface area contributed by atoms with Gasteiger partial charge in [-0.1, -0.05) is 33.2 Å². The van der Waals surface area contributed by atoms with Crippen molar-refractivity contribution in [3.8, 4) is 0 Å². The summed E-state index contributed by atoms with van der Waals surface area (Å²) in [6.45, 7) is 8.85. The van der Waals surface area contributed by atoms with Gasteiger partial charge in [-0.25, -0.2) is 0 Å². The zero-order valence-electron chi connectivity index (χ0n) is 8.36. The number of benzene rings is 1. The van der Waals surface area contributed by atoms with E-state index in [1.54, 1.807) is 5.30 Å². The maximum atomic E-state index is 2.28. The molecule has 1 heteroatoms. The lowest BCUT2D eigenvalue weighted by Gasteiger charge is -2.09. The highest BCUT2D eigenvalue weighted by atomic mass is 31.1. The number of rotatable bonds is 2. The summed E-state index contributed by atoms with van der Waals surface area (Å²) in [7, 11) is 0.981. The molecule has 0 aromatic heterocycles. The molecule has 66 valence electrons. The lowest BCUT2D eigenvalue weighted by molar-refractivity contribution is 1.35. The molecule has 0 aliphatic heterocycles. The largest absolute Gasteiger partial charge is 0.0901 e. The summed E-state index contributed by atoms with van der Waals surface area (Å²) in [5.74, 6) is 0. The zero-order valence-corrected chi connectivity index (χ0v) is 9.36. The maximum absolute atomic E-state index is 2.28. The third kappa shape index (κ3) is 2.08. The third-order valence-corrected chi connectivity index (χ3v) is 3.53.